The number of ketones is 1. The number of carbonyl (C=O) groups excluding carboxylic acids is 2. The van der Waals surface area contributed by atoms with E-state index in [1.54, 1.807) is 18.9 Å². The van der Waals surface area contributed by atoms with E-state index in [1.807, 2.05) is 25.3 Å². The number of aliphatic hydroxyl groups excluding tert-OH is 1. The first-order valence-corrected chi connectivity index (χ1v) is 10.3. The third-order valence-corrected chi connectivity index (χ3v) is 6.70. The first-order chi connectivity index (χ1) is 12.9. The number of aryl methyl sites for hydroxylation is 3. The van der Waals surface area contributed by atoms with Crippen molar-refractivity contribution in [2.45, 2.75) is 33.2 Å². The van der Waals surface area contributed by atoms with Gasteiger partial charge in [0, 0.05) is 25.1 Å². The van der Waals surface area contributed by atoms with Gasteiger partial charge in [-0.2, -0.15) is 0 Å². The molecule has 8 heteroatoms. The molecule has 0 radical (unpaired) electrons. The Labute approximate surface area is 166 Å². The summed E-state index contributed by atoms with van der Waals surface area (Å²) in [7, 11) is 1.60. The predicted octanol–water partition coefficient (Wildman–Crippen LogP) is 3.74. The van der Waals surface area contributed by atoms with Crippen molar-refractivity contribution in [3.63, 3.8) is 0 Å². The lowest BCUT2D eigenvalue weighted by atomic mass is 9.98. The molecule has 0 spiro atoms. The Morgan fingerprint density at radius 3 is 2.67 bits per heavy atom. The number of thiazole rings is 1. The van der Waals surface area contributed by atoms with Crippen molar-refractivity contribution in [1.82, 2.24) is 9.88 Å². The molecule has 144 valence electrons. The third-order valence-electron chi connectivity index (χ3n) is 4.56. The van der Waals surface area contributed by atoms with E-state index >= 15 is 0 Å². The molecule has 27 heavy (non-hydrogen) atoms. The summed E-state index contributed by atoms with van der Waals surface area (Å²) in [5, 5.41) is 13.3. The molecule has 2 aromatic heterocycles. The van der Waals surface area contributed by atoms with E-state index < -0.39 is 17.7 Å². The molecule has 0 fully saturated rings. The molecule has 3 heterocycles. The summed E-state index contributed by atoms with van der Waals surface area (Å²) < 4.78 is 5.09. The minimum atomic E-state index is -0.580. The molecule has 1 unspecified atom stereocenters. The molecule has 1 aliphatic heterocycles. The number of Topliss-reactive ketones (excluding diaryl/α,β-unsaturated/α-hetero) is 1. The number of methoxy groups -OCH3 is 1. The average molecular weight is 407 g/mol. The SMILES string of the molecule is COCCCN1C(=O)C(O)=C(C(=O)c2sc(C)nc2C)C1c1sccc1C. The Morgan fingerprint density at radius 2 is 2.11 bits per heavy atom. The van der Waals surface area contributed by atoms with Crippen molar-refractivity contribution < 1.29 is 19.4 Å². The molecule has 0 bridgehead atoms. The Morgan fingerprint density at radius 1 is 1.37 bits per heavy atom. The van der Waals surface area contributed by atoms with E-state index in [-0.39, 0.29) is 11.4 Å². The van der Waals surface area contributed by atoms with Crippen LogP contribution in [0.15, 0.2) is 22.8 Å². The number of hydrogen-bond donors (Lipinski definition) is 1. The van der Waals surface area contributed by atoms with E-state index in [9.17, 15) is 14.7 Å². The van der Waals surface area contributed by atoms with Gasteiger partial charge in [0.25, 0.3) is 5.91 Å². The fraction of sp³-hybridized carbons (Fsp3) is 0.421. The van der Waals surface area contributed by atoms with Crippen LogP contribution < -0.4 is 0 Å². The molecule has 1 aliphatic rings. The zero-order valence-corrected chi connectivity index (χ0v) is 17.4. The summed E-state index contributed by atoms with van der Waals surface area (Å²) in [6, 6.07) is 1.38. The Balaban J connectivity index is 2.06. The van der Waals surface area contributed by atoms with Crippen LogP contribution in [0.2, 0.25) is 0 Å². The molecule has 2 aromatic rings. The Kier molecular flexibility index (Phi) is 5.78. The van der Waals surface area contributed by atoms with Gasteiger partial charge in [-0.3, -0.25) is 9.59 Å². The summed E-state index contributed by atoms with van der Waals surface area (Å²) in [5.41, 5.74) is 1.76. The molecular formula is C19H22N2O4S2. The lowest BCUT2D eigenvalue weighted by Crippen LogP contribution is -2.32. The van der Waals surface area contributed by atoms with Gasteiger partial charge in [0.15, 0.2) is 5.76 Å². The summed E-state index contributed by atoms with van der Waals surface area (Å²) in [4.78, 5) is 33.3. The topological polar surface area (TPSA) is 79.7 Å². The van der Waals surface area contributed by atoms with Crippen LogP contribution in [0, 0.1) is 20.8 Å². The van der Waals surface area contributed by atoms with Crippen LogP contribution in [0.4, 0.5) is 0 Å². The van der Waals surface area contributed by atoms with E-state index in [0.29, 0.717) is 30.1 Å². The van der Waals surface area contributed by atoms with Gasteiger partial charge in [-0.15, -0.1) is 22.7 Å². The zero-order chi connectivity index (χ0) is 19.7. The van der Waals surface area contributed by atoms with Crippen LogP contribution >= 0.6 is 22.7 Å². The van der Waals surface area contributed by atoms with Gasteiger partial charge in [-0.05, 0) is 44.2 Å². The maximum atomic E-state index is 13.3. The highest BCUT2D eigenvalue weighted by molar-refractivity contribution is 7.14. The highest BCUT2D eigenvalue weighted by Crippen LogP contribution is 2.43. The average Bonchev–Trinajstić information content (AvgIpc) is 3.26. The highest BCUT2D eigenvalue weighted by atomic mass is 32.1. The summed E-state index contributed by atoms with van der Waals surface area (Å²) in [6.07, 6.45) is 0.622. The first-order valence-electron chi connectivity index (χ1n) is 8.62. The molecule has 1 atom stereocenters. The van der Waals surface area contributed by atoms with E-state index in [0.717, 1.165) is 15.4 Å². The number of thiophene rings is 1. The van der Waals surface area contributed by atoms with E-state index in [1.165, 1.54) is 22.7 Å². The van der Waals surface area contributed by atoms with Gasteiger partial charge in [0.05, 0.1) is 27.2 Å². The van der Waals surface area contributed by atoms with Crippen LogP contribution in [-0.4, -0.2) is 46.9 Å². The molecule has 0 aromatic carbocycles. The molecule has 6 nitrogen and oxygen atoms in total. The maximum absolute atomic E-state index is 13.3. The molecule has 0 aliphatic carbocycles. The zero-order valence-electron chi connectivity index (χ0n) is 15.7. The Hall–Kier alpha value is -2.03. The molecule has 0 saturated carbocycles. The molecule has 1 N–H and O–H groups in total. The largest absolute Gasteiger partial charge is 0.503 e. The summed E-state index contributed by atoms with van der Waals surface area (Å²) in [6.45, 7) is 6.45. The number of nitrogens with zero attached hydrogens (tertiary/aromatic N) is 2. The van der Waals surface area contributed by atoms with E-state index in [4.69, 9.17) is 4.74 Å². The number of aliphatic hydroxyl groups is 1. The van der Waals surface area contributed by atoms with Crippen LogP contribution in [-0.2, 0) is 9.53 Å². The fourth-order valence-electron chi connectivity index (χ4n) is 3.30. The summed E-state index contributed by atoms with van der Waals surface area (Å²) in [5.74, 6) is -1.29. The van der Waals surface area contributed by atoms with Gasteiger partial charge in [-0.1, -0.05) is 0 Å². The number of hydrogen-bond acceptors (Lipinski definition) is 7. The van der Waals surface area contributed by atoms with Crippen molar-refractivity contribution in [3.8, 4) is 0 Å². The van der Waals surface area contributed by atoms with Gasteiger partial charge >= 0.3 is 0 Å². The quantitative estimate of drug-likeness (QED) is 0.560. The van der Waals surface area contributed by atoms with Crippen molar-refractivity contribution in [2.75, 3.05) is 20.3 Å². The van der Waals surface area contributed by atoms with Crippen molar-refractivity contribution in [3.05, 3.63) is 48.8 Å². The highest BCUT2D eigenvalue weighted by Gasteiger charge is 2.45. The molecule has 3 rings (SSSR count). The minimum Gasteiger partial charge on any atom is -0.503 e. The lowest BCUT2D eigenvalue weighted by molar-refractivity contribution is -0.129. The summed E-state index contributed by atoms with van der Waals surface area (Å²) >= 11 is 2.77. The minimum absolute atomic E-state index is 0.148. The van der Waals surface area contributed by atoms with Crippen LogP contribution in [0.1, 0.15) is 43.3 Å². The molecule has 1 amide bonds. The van der Waals surface area contributed by atoms with Gasteiger partial charge in [0.2, 0.25) is 5.78 Å². The number of ether oxygens (including phenoxy) is 1. The van der Waals surface area contributed by atoms with Gasteiger partial charge < -0.3 is 14.7 Å². The molecule has 0 saturated heterocycles. The van der Waals surface area contributed by atoms with Crippen LogP contribution in [0.3, 0.4) is 0 Å². The fourth-order valence-corrected chi connectivity index (χ4v) is 5.22. The standard InChI is InChI=1S/C19H22N2O4S2/c1-10-6-9-26-17(10)14-13(15(22)18-11(2)20-12(3)27-18)16(23)19(24)21(14)7-5-8-25-4/h6,9,14,23H,5,7-8H2,1-4H3. The second kappa shape index (κ2) is 7.92. The predicted molar refractivity (Wildman–Crippen MR) is 106 cm³/mol. The van der Waals surface area contributed by atoms with Gasteiger partial charge in [0.1, 0.15) is 0 Å². The number of carbonyl (C=O) groups is 2. The normalized spacial score (nSPS) is 17.3. The van der Waals surface area contributed by atoms with Crippen molar-refractivity contribution in [1.29, 1.82) is 0 Å². The second-order valence-corrected chi connectivity index (χ2v) is 8.61. The number of rotatable bonds is 7. The molecular weight excluding hydrogens is 384 g/mol. The van der Waals surface area contributed by atoms with Gasteiger partial charge in [-0.25, -0.2) is 4.98 Å². The first kappa shape index (κ1) is 19.7. The third kappa shape index (κ3) is 3.56. The smallest absolute Gasteiger partial charge is 0.290 e. The van der Waals surface area contributed by atoms with Crippen molar-refractivity contribution >= 4 is 34.4 Å². The lowest BCUT2D eigenvalue weighted by Gasteiger charge is -2.26. The maximum Gasteiger partial charge on any atom is 0.290 e. The number of amides is 1. The van der Waals surface area contributed by atoms with Crippen LogP contribution in [0.25, 0.3) is 0 Å². The van der Waals surface area contributed by atoms with Crippen molar-refractivity contribution in [2.24, 2.45) is 0 Å². The monoisotopic (exact) mass is 406 g/mol. The van der Waals surface area contributed by atoms with Crippen LogP contribution in [0.5, 0.6) is 0 Å². The Bertz CT molecular complexity index is 913. The number of aromatic nitrogens is 1. The van der Waals surface area contributed by atoms with E-state index in [2.05, 4.69) is 4.98 Å². The second-order valence-electron chi connectivity index (χ2n) is 6.45.